The van der Waals surface area contributed by atoms with Gasteiger partial charge in [0.25, 0.3) is 0 Å². The van der Waals surface area contributed by atoms with Gasteiger partial charge in [-0.2, -0.15) is 5.10 Å². The molecule has 4 aromatic rings. The number of hydrogen-bond acceptors (Lipinski definition) is 7. The molecular formula is C26H23N3O5S2. The maximum Gasteiger partial charge on any atom is 0.413 e. The van der Waals surface area contributed by atoms with Gasteiger partial charge < -0.3 is 14.6 Å². The first kappa shape index (κ1) is 23.9. The second kappa shape index (κ2) is 9.33. The number of aromatic nitrogens is 2. The highest BCUT2D eigenvalue weighted by atomic mass is 32.1. The van der Waals surface area contributed by atoms with Crippen molar-refractivity contribution in [1.29, 1.82) is 0 Å². The Balaban J connectivity index is 1.35. The largest absolute Gasteiger partial charge is 0.494 e. The predicted octanol–water partition coefficient (Wildman–Crippen LogP) is 5.53. The molecule has 0 spiro atoms. The number of carbonyl (C=O) groups is 2. The van der Waals surface area contributed by atoms with Gasteiger partial charge in [-0.3, -0.25) is 14.8 Å². The smallest absolute Gasteiger partial charge is 0.413 e. The molecule has 8 nitrogen and oxygen atoms in total. The molecule has 1 aliphatic rings. The predicted molar refractivity (Wildman–Crippen MR) is 139 cm³/mol. The van der Waals surface area contributed by atoms with Crippen LogP contribution in [0.15, 0.2) is 42.6 Å². The van der Waals surface area contributed by atoms with Crippen LogP contribution < -0.4 is 10.1 Å². The lowest BCUT2D eigenvalue weighted by atomic mass is 10.1. The number of ether oxygens (including phenoxy) is 2. The average Bonchev–Trinajstić information content (AvgIpc) is 3.33. The quantitative estimate of drug-likeness (QED) is 0.324. The zero-order valence-electron chi connectivity index (χ0n) is 19.8. The zero-order valence-corrected chi connectivity index (χ0v) is 21.5. The van der Waals surface area contributed by atoms with E-state index in [4.69, 9.17) is 9.47 Å². The van der Waals surface area contributed by atoms with Gasteiger partial charge in [-0.15, -0.1) is 22.7 Å². The van der Waals surface area contributed by atoms with Crippen LogP contribution in [0.3, 0.4) is 0 Å². The van der Waals surface area contributed by atoms with Gasteiger partial charge in [0.15, 0.2) is 5.75 Å². The highest BCUT2D eigenvalue weighted by molar-refractivity contribution is 7.28. The summed E-state index contributed by atoms with van der Waals surface area (Å²) in [5.74, 6) is 6.48. The Kier molecular flexibility index (Phi) is 6.20. The van der Waals surface area contributed by atoms with E-state index in [1.807, 2.05) is 43.3 Å². The summed E-state index contributed by atoms with van der Waals surface area (Å²) >= 11 is 2.91. The lowest BCUT2D eigenvalue weighted by Crippen LogP contribution is -2.18. The number of carbonyl (C=O) groups excluding carboxylic acids is 1. The summed E-state index contributed by atoms with van der Waals surface area (Å²) in [5.41, 5.74) is 0.627. The van der Waals surface area contributed by atoms with Gasteiger partial charge in [-0.25, -0.2) is 4.79 Å². The maximum absolute atomic E-state index is 12.5. The molecule has 1 fully saturated rings. The molecule has 5 rings (SSSR count). The van der Waals surface area contributed by atoms with Crippen molar-refractivity contribution < 1.29 is 24.2 Å². The number of thiophene rings is 2. The van der Waals surface area contributed by atoms with E-state index in [0.717, 1.165) is 24.7 Å². The van der Waals surface area contributed by atoms with Crippen molar-refractivity contribution in [3.8, 4) is 17.6 Å². The maximum atomic E-state index is 12.5. The first-order valence-corrected chi connectivity index (χ1v) is 12.9. The molecule has 0 bridgehead atoms. The summed E-state index contributed by atoms with van der Waals surface area (Å²) in [4.78, 5) is 25.9. The SMILES string of the molecule is COc1c(C2(C(=O)O)CC2)sc2cc(C#Cc3cnn(C)c3NC(=O)OC(C)c3ccccc3)sc12. The summed E-state index contributed by atoms with van der Waals surface area (Å²) in [6.45, 7) is 1.81. The third-order valence-corrected chi connectivity index (χ3v) is 8.65. The van der Waals surface area contributed by atoms with Crippen molar-refractivity contribution in [2.75, 3.05) is 12.4 Å². The van der Waals surface area contributed by atoms with Crippen molar-refractivity contribution in [3.63, 3.8) is 0 Å². The first-order valence-electron chi connectivity index (χ1n) is 11.2. The molecule has 2 N–H and O–H groups in total. The number of methoxy groups -OCH3 is 1. The van der Waals surface area contributed by atoms with Crippen molar-refractivity contribution in [2.24, 2.45) is 7.05 Å². The number of amides is 1. The minimum Gasteiger partial charge on any atom is -0.494 e. The van der Waals surface area contributed by atoms with Gasteiger partial charge in [0, 0.05) is 7.05 Å². The second-order valence-electron chi connectivity index (χ2n) is 8.52. The summed E-state index contributed by atoms with van der Waals surface area (Å²) in [6.07, 6.45) is 1.83. The van der Waals surface area contributed by atoms with E-state index in [1.165, 1.54) is 27.4 Å². The van der Waals surface area contributed by atoms with E-state index in [9.17, 15) is 14.7 Å². The molecule has 1 saturated carbocycles. The molecule has 3 heterocycles. The Bertz CT molecular complexity index is 1520. The topological polar surface area (TPSA) is 103 Å². The van der Waals surface area contributed by atoms with Crippen LogP contribution in [0, 0.1) is 11.8 Å². The number of anilines is 1. The van der Waals surface area contributed by atoms with Crippen LogP contribution in [0.4, 0.5) is 10.6 Å². The summed E-state index contributed by atoms with van der Waals surface area (Å²) in [7, 11) is 3.28. The Morgan fingerprint density at radius 3 is 2.64 bits per heavy atom. The Morgan fingerprint density at radius 2 is 1.97 bits per heavy atom. The van der Waals surface area contributed by atoms with Crippen LogP contribution in [0.5, 0.6) is 5.75 Å². The molecule has 36 heavy (non-hydrogen) atoms. The molecule has 1 unspecified atom stereocenters. The number of hydrogen-bond donors (Lipinski definition) is 2. The molecule has 1 aliphatic carbocycles. The molecule has 3 aromatic heterocycles. The number of fused-ring (bicyclic) bond motifs is 1. The van der Waals surface area contributed by atoms with E-state index in [-0.39, 0.29) is 0 Å². The monoisotopic (exact) mass is 521 g/mol. The van der Waals surface area contributed by atoms with Gasteiger partial charge >= 0.3 is 12.1 Å². The highest BCUT2D eigenvalue weighted by Gasteiger charge is 2.55. The van der Waals surface area contributed by atoms with Gasteiger partial charge in [0.1, 0.15) is 17.3 Å². The molecule has 10 heteroatoms. The molecular weight excluding hydrogens is 498 g/mol. The van der Waals surface area contributed by atoms with Gasteiger partial charge in [-0.1, -0.05) is 42.2 Å². The number of rotatable bonds is 6. The number of carboxylic acids is 1. The molecule has 0 radical (unpaired) electrons. The van der Waals surface area contributed by atoms with Crippen LogP contribution in [0.2, 0.25) is 0 Å². The molecule has 1 atom stereocenters. The highest BCUT2D eigenvalue weighted by Crippen LogP contribution is 2.57. The van der Waals surface area contributed by atoms with Crippen LogP contribution >= 0.6 is 22.7 Å². The third kappa shape index (κ3) is 4.32. The van der Waals surface area contributed by atoms with Crippen molar-refractivity contribution in [3.05, 3.63) is 63.5 Å². The van der Waals surface area contributed by atoms with E-state index >= 15 is 0 Å². The number of nitrogens with zero attached hydrogens (tertiary/aromatic N) is 2. The fourth-order valence-electron chi connectivity index (χ4n) is 3.98. The Labute approximate surface area is 215 Å². The summed E-state index contributed by atoms with van der Waals surface area (Å²) < 4.78 is 14.5. The second-order valence-corrected chi connectivity index (χ2v) is 10.6. The van der Waals surface area contributed by atoms with E-state index in [2.05, 4.69) is 22.3 Å². The van der Waals surface area contributed by atoms with E-state index in [0.29, 0.717) is 30.0 Å². The van der Waals surface area contributed by atoms with Crippen LogP contribution in [-0.2, 0) is 22.0 Å². The minimum absolute atomic E-state index is 0.413. The number of benzene rings is 1. The van der Waals surface area contributed by atoms with E-state index in [1.54, 1.807) is 20.4 Å². The van der Waals surface area contributed by atoms with Crippen LogP contribution in [-0.4, -0.2) is 34.1 Å². The van der Waals surface area contributed by atoms with Crippen LogP contribution in [0.25, 0.3) is 9.40 Å². The lowest BCUT2D eigenvalue weighted by Gasteiger charge is -2.14. The van der Waals surface area contributed by atoms with Crippen molar-refractivity contribution in [1.82, 2.24) is 9.78 Å². The number of nitrogens with one attached hydrogen (secondary N) is 1. The molecule has 184 valence electrons. The van der Waals surface area contributed by atoms with Gasteiger partial charge in [-0.05, 0) is 31.4 Å². The van der Waals surface area contributed by atoms with Gasteiger partial charge in [0.2, 0.25) is 0 Å². The van der Waals surface area contributed by atoms with E-state index < -0.39 is 23.6 Å². The minimum atomic E-state index is -0.816. The zero-order chi connectivity index (χ0) is 25.4. The van der Waals surface area contributed by atoms with Crippen molar-refractivity contribution >= 4 is 50.0 Å². The first-order chi connectivity index (χ1) is 17.3. The molecule has 0 aliphatic heterocycles. The Hall–Kier alpha value is -3.81. The molecule has 0 saturated heterocycles. The van der Waals surface area contributed by atoms with Crippen LogP contribution in [0.1, 0.15) is 46.8 Å². The standard InChI is InChI=1S/C26H23N3O5S2/c1-15(16-7-5-4-6-8-16)34-25(32)28-23-17(14-27-29(23)2)9-10-18-13-19-21(35-18)20(33-3)22(36-19)26(11-12-26)24(30)31/h4-8,13-15H,11-12H2,1-3H3,(H,28,32)(H,30,31). The number of aliphatic carboxylic acids is 1. The number of carboxylic acid groups (broad SMARTS) is 1. The fourth-order valence-corrected chi connectivity index (χ4v) is 6.65. The normalized spacial score (nSPS) is 14.5. The summed E-state index contributed by atoms with van der Waals surface area (Å²) in [5, 5.41) is 16.6. The average molecular weight is 522 g/mol. The third-order valence-electron chi connectivity index (χ3n) is 6.15. The Morgan fingerprint density at radius 1 is 1.22 bits per heavy atom. The van der Waals surface area contributed by atoms with Crippen molar-refractivity contribution in [2.45, 2.75) is 31.3 Å². The lowest BCUT2D eigenvalue weighted by molar-refractivity contribution is -0.139. The molecule has 1 amide bonds. The summed E-state index contributed by atoms with van der Waals surface area (Å²) in [6, 6.07) is 11.4. The number of aryl methyl sites for hydroxylation is 1. The fraction of sp³-hybridized carbons (Fsp3) is 0.269. The van der Waals surface area contributed by atoms with Gasteiger partial charge in [0.05, 0.1) is 38.0 Å². The molecule has 1 aromatic carbocycles.